The Morgan fingerprint density at radius 2 is 2.09 bits per heavy atom. The maximum atomic E-state index is 14.0. The summed E-state index contributed by atoms with van der Waals surface area (Å²) in [4.78, 5) is 59.0. The van der Waals surface area contributed by atoms with Gasteiger partial charge >= 0.3 is 5.97 Å². The summed E-state index contributed by atoms with van der Waals surface area (Å²) >= 11 is 0. The highest BCUT2D eigenvalue weighted by molar-refractivity contribution is 6.04. The molecule has 1 saturated heterocycles. The molecule has 2 aliphatic heterocycles. The summed E-state index contributed by atoms with van der Waals surface area (Å²) in [6.07, 6.45) is 1.09. The van der Waals surface area contributed by atoms with Crippen LogP contribution in [0.4, 0.5) is 21.8 Å². The topological polar surface area (TPSA) is 133 Å². The third-order valence-electron chi connectivity index (χ3n) is 5.73. The Kier molecular flexibility index (Phi) is 6.38. The number of para-hydroxylation sites is 1. The Balaban J connectivity index is 1.60. The molecule has 3 N–H and O–H groups in total. The second-order valence-electron chi connectivity index (χ2n) is 7.96. The van der Waals surface area contributed by atoms with Crippen molar-refractivity contribution < 1.29 is 23.5 Å². The van der Waals surface area contributed by atoms with Gasteiger partial charge in [0.1, 0.15) is 11.6 Å². The van der Waals surface area contributed by atoms with Crippen LogP contribution in [0.15, 0.2) is 29.1 Å². The van der Waals surface area contributed by atoms with Gasteiger partial charge in [-0.2, -0.15) is 4.98 Å². The molecule has 0 bridgehead atoms. The fourth-order valence-corrected chi connectivity index (χ4v) is 4.14. The minimum absolute atomic E-state index is 0.00569. The number of aromatic amines is 1. The van der Waals surface area contributed by atoms with Gasteiger partial charge in [0.05, 0.1) is 29.7 Å². The van der Waals surface area contributed by atoms with Crippen LogP contribution in [0, 0.1) is 11.7 Å². The molecule has 2 atom stereocenters. The van der Waals surface area contributed by atoms with E-state index >= 15 is 0 Å². The summed E-state index contributed by atoms with van der Waals surface area (Å²) < 4.78 is 19.1. The number of ether oxygens (including phenoxy) is 1. The number of nitrogens with one attached hydrogen (secondary N) is 3. The molecule has 2 aromatic rings. The number of fused-ring (bicyclic) bond motifs is 1. The fraction of sp³-hybridized carbons (Fsp3) is 0.409. The van der Waals surface area contributed by atoms with Gasteiger partial charge in [-0.05, 0) is 31.9 Å². The molecule has 0 spiro atoms. The van der Waals surface area contributed by atoms with Crippen molar-refractivity contribution in [3.05, 3.63) is 46.0 Å². The van der Waals surface area contributed by atoms with Crippen molar-refractivity contribution >= 4 is 35.2 Å². The van der Waals surface area contributed by atoms with Crippen LogP contribution in [0.25, 0.3) is 0 Å². The SMILES string of the molecule is CCOC(=O)[C@H]1CCCN(c2nc3c(c(=O)[nH]2)[C@@H](C(=O)Nc2ccccc2F)CC(=O)N3)C1. The van der Waals surface area contributed by atoms with Crippen LogP contribution < -0.4 is 21.1 Å². The molecule has 174 valence electrons. The van der Waals surface area contributed by atoms with E-state index in [0.717, 1.165) is 0 Å². The maximum absolute atomic E-state index is 14.0. The van der Waals surface area contributed by atoms with Crippen LogP contribution in [0.3, 0.4) is 0 Å². The Labute approximate surface area is 188 Å². The molecule has 2 aliphatic rings. The predicted molar refractivity (Wildman–Crippen MR) is 117 cm³/mol. The van der Waals surface area contributed by atoms with Crippen LogP contribution in [-0.4, -0.2) is 47.4 Å². The number of carbonyl (C=O) groups excluding carboxylic acids is 3. The van der Waals surface area contributed by atoms with Crippen LogP contribution in [0.1, 0.15) is 37.7 Å². The number of H-pyrrole nitrogens is 1. The predicted octanol–water partition coefficient (Wildman–Crippen LogP) is 1.75. The van der Waals surface area contributed by atoms with Crippen LogP contribution >= 0.6 is 0 Å². The molecule has 1 fully saturated rings. The minimum atomic E-state index is -1.13. The summed E-state index contributed by atoms with van der Waals surface area (Å²) in [5.41, 5.74) is -0.623. The number of anilines is 3. The van der Waals surface area contributed by atoms with Crippen molar-refractivity contribution in [3.63, 3.8) is 0 Å². The average molecular weight is 457 g/mol. The maximum Gasteiger partial charge on any atom is 0.310 e. The highest BCUT2D eigenvalue weighted by atomic mass is 19.1. The molecule has 0 aliphatic carbocycles. The Bertz CT molecular complexity index is 1150. The molecule has 2 amide bonds. The summed E-state index contributed by atoms with van der Waals surface area (Å²) in [5.74, 6) is -3.41. The van der Waals surface area contributed by atoms with E-state index in [9.17, 15) is 23.6 Å². The number of benzene rings is 1. The summed E-state index contributed by atoms with van der Waals surface area (Å²) in [5, 5.41) is 4.99. The van der Waals surface area contributed by atoms with E-state index in [1.807, 2.05) is 0 Å². The molecular formula is C22H24FN5O5. The molecule has 4 rings (SSSR count). The molecule has 1 aromatic heterocycles. The Hall–Kier alpha value is -3.76. The zero-order chi connectivity index (χ0) is 23.5. The fourth-order valence-electron chi connectivity index (χ4n) is 4.14. The van der Waals surface area contributed by atoms with Crippen molar-refractivity contribution in [3.8, 4) is 0 Å². The number of hydrogen-bond donors (Lipinski definition) is 3. The minimum Gasteiger partial charge on any atom is -0.466 e. The lowest BCUT2D eigenvalue weighted by atomic mass is 9.92. The van der Waals surface area contributed by atoms with Crippen LogP contribution in [0.5, 0.6) is 0 Å². The van der Waals surface area contributed by atoms with E-state index in [4.69, 9.17) is 4.74 Å². The lowest BCUT2D eigenvalue weighted by Crippen LogP contribution is -2.42. The zero-order valence-corrected chi connectivity index (χ0v) is 18.0. The second kappa shape index (κ2) is 9.39. The largest absolute Gasteiger partial charge is 0.466 e. The first-order chi connectivity index (χ1) is 15.9. The van der Waals surface area contributed by atoms with Crippen molar-refractivity contribution in [1.29, 1.82) is 0 Å². The van der Waals surface area contributed by atoms with E-state index in [0.29, 0.717) is 25.9 Å². The summed E-state index contributed by atoms with van der Waals surface area (Å²) in [6, 6.07) is 5.62. The molecule has 0 radical (unpaired) electrons. The van der Waals surface area contributed by atoms with Crippen LogP contribution in [0.2, 0.25) is 0 Å². The van der Waals surface area contributed by atoms with Gasteiger partial charge in [-0.3, -0.25) is 24.2 Å². The summed E-state index contributed by atoms with van der Waals surface area (Å²) in [7, 11) is 0. The van der Waals surface area contributed by atoms with E-state index in [2.05, 4.69) is 20.6 Å². The molecule has 33 heavy (non-hydrogen) atoms. The van der Waals surface area contributed by atoms with E-state index in [1.54, 1.807) is 17.9 Å². The van der Waals surface area contributed by atoms with Gasteiger partial charge in [0.15, 0.2) is 0 Å². The highest BCUT2D eigenvalue weighted by Gasteiger charge is 2.36. The average Bonchev–Trinajstić information content (AvgIpc) is 2.80. The molecule has 0 saturated carbocycles. The number of esters is 1. The number of halogens is 1. The number of nitrogens with zero attached hydrogens (tertiary/aromatic N) is 2. The van der Waals surface area contributed by atoms with Gasteiger partial charge < -0.3 is 20.3 Å². The first kappa shape index (κ1) is 22.4. The molecule has 3 heterocycles. The first-order valence-corrected chi connectivity index (χ1v) is 10.8. The zero-order valence-electron chi connectivity index (χ0n) is 18.0. The normalized spacial score (nSPS) is 19.9. The van der Waals surface area contributed by atoms with E-state index in [-0.39, 0.29) is 47.9 Å². The molecule has 1 aromatic carbocycles. The standard InChI is InChI=1S/C22H24FN5O5/c1-2-33-21(32)12-6-5-9-28(11-12)22-26-18-17(20(31)27-22)13(10-16(29)25-18)19(30)24-15-8-4-3-7-14(15)23/h3-4,7-8,12-13H,2,5-6,9-11H2,1H3,(H,24,30)(H2,25,26,27,29,31)/t12-,13-/m0/s1. The van der Waals surface area contributed by atoms with Gasteiger partial charge in [-0.1, -0.05) is 12.1 Å². The van der Waals surface area contributed by atoms with Crippen molar-refractivity contribution in [2.45, 2.75) is 32.1 Å². The monoisotopic (exact) mass is 457 g/mol. The first-order valence-electron chi connectivity index (χ1n) is 10.8. The van der Waals surface area contributed by atoms with Gasteiger partial charge in [-0.15, -0.1) is 0 Å². The number of amides is 2. The summed E-state index contributed by atoms with van der Waals surface area (Å²) in [6.45, 7) is 2.89. The van der Waals surface area contributed by atoms with Gasteiger partial charge in [0.2, 0.25) is 17.8 Å². The number of piperidine rings is 1. The van der Waals surface area contributed by atoms with E-state index in [1.165, 1.54) is 18.2 Å². The number of hydrogen-bond acceptors (Lipinski definition) is 7. The molecule has 0 unspecified atom stereocenters. The molecule has 11 heteroatoms. The number of rotatable bonds is 5. The molecule has 10 nitrogen and oxygen atoms in total. The van der Waals surface area contributed by atoms with Crippen molar-refractivity contribution in [1.82, 2.24) is 9.97 Å². The Morgan fingerprint density at radius 3 is 2.85 bits per heavy atom. The van der Waals surface area contributed by atoms with Crippen LogP contribution in [-0.2, 0) is 19.1 Å². The smallest absolute Gasteiger partial charge is 0.310 e. The third-order valence-corrected chi connectivity index (χ3v) is 5.73. The number of aromatic nitrogens is 2. The third kappa shape index (κ3) is 4.71. The lowest BCUT2D eigenvalue weighted by molar-refractivity contribution is -0.148. The van der Waals surface area contributed by atoms with Crippen molar-refractivity contribution in [2.75, 3.05) is 35.2 Å². The Morgan fingerprint density at radius 1 is 1.30 bits per heavy atom. The lowest BCUT2D eigenvalue weighted by Gasteiger charge is -2.32. The number of carbonyl (C=O) groups is 3. The van der Waals surface area contributed by atoms with E-state index < -0.39 is 29.1 Å². The van der Waals surface area contributed by atoms with Gasteiger partial charge in [0.25, 0.3) is 5.56 Å². The van der Waals surface area contributed by atoms with Crippen molar-refractivity contribution in [2.24, 2.45) is 5.92 Å². The molecular weight excluding hydrogens is 433 g/mol. The highest BCUT2D eigenvalue weighted by Crippen LogP contribution is 2.31. The second-order valence-corrected chi connectivity index (χ2v) is 7.96. The quantitative estimate of drug-likeness (QED) is 0.583. The van der Waals surface area contributed by atoms with Gasteiger partial charge in [0, 0.05) is 19.5 Å². The van der Waals surface area contributed by atoms with Gasteiger partial charge in [-0.25, -0.2) is 4.39 Å².